The first-order valence-electron chi connectivity index (χ1n) is 6.62. The van der Waals surface area contributed by atoms with E-state index in [0.717, 1.165) is 25.6 Å². The SMILES string of the molecule is O=C1NC(C2CCCCC2)CN1C1CNC1. The van der Waals surface area contributed by atoms with Crippen LogP contribution in [0.25, 0.3) is 0 Å². The van der Waals surface area contributed by atoms with Gasteiger partial charge in [0.1, 0.15) is 0 Å². The Morgan fingerprint density at radius 3 is 2.50 bits per heavy atom. The summed E-state index contributed by atoms with van der Waals surface area (Å²) in [7, 11) is 0. The highest BCUT2D eigenvalue weighted by atomic mass is 16.2. The van der Waals surface area contributed by atoms with Crippen molar-refractivity contribution in [2.45, 2.75) is 44.2 Å². The smallest absolute Gasteiger partial charge is 0.318 e. The maximum Gasteiger partial charge on any atom is 0.318 e. The van der Waals surface area contributed by atoms with E-state index in [2.05, 4.69) is 10.6 Å². The molecule has 0 aromatic heterocycles. The summed E-state index contributed by atoms with van der Waals surface area (Å²) in [5, 5.41) is 6.41. The number of hydrogen-bond donors (Lipinski definition) is 2. The Morgan fingerprint density at radius 2 is 1.88 bits per heavy atom. The zero-order valence-corrected chi connectivity index (χ0v) is 9.74. The number of carbonyl (C=O) groups excluding carboxylic acids is 1. The normalized spacial score (nSPS) is 32.6. The summed E-state index contributed by atoms with van der Waals surface area (Å²) in [4.78, 5) is 13.9. The average molecular weight is 223 g/mol. The van der Waals surface area contributed by atoms with E-state index in [4.69, 9.17) is 0 Å². The molecule has 4 nitrogen and oxygen atoms in total. The second-order valence-electron chi connectivity index (χ2n) is 5.42. The molecule has 4 heteroatoms. The van der Waals surface area contributed by atoms with Crippen molar-refractivity contribution in [2.75, 3.05) is 19.6 Å². The Morgan fingerprint density at radius 1 is 1.12 bits per heavy atom. The molecule has 0 aromatic rings. The number of amides is 2. The molecule has 3 fully saturated rings. The lowest BCUT2D eigenvalue weighted by atomic mass is 9.84. The lowest BCUT2D eigenvalue weighted by Gasteiger charge is -2.35. The number of carbonyl (C=O) groups is 1. The molecule has 1 aliphatic carbocycles. The van der Waals surface area contributed by atoms with Crippen molar-refractivity contribution in [3.8, 4) is 0 Å². The second-order valence-corrected chi connectivity index (χ2v) is 5.42. The molecule has 0 radical (unpaired) electrons. The van der Waals surface area contributed by atoms with E-state index < -0.39 is 0 Å². The van der Waals surface area contributed by atoms with Crippen LogP contribution >= 0.6 is 0 Å². The molecule has 2 saturated heterocycles. The minimum Gasteiger partial charge on any atom is -0.333 e. The van der Waals surface area contributed by atoms with Gasteiger partial charge in [-0.25, -0.2) is 4.79 Å². The van der Waals surface area contributed by atoms with E-state index in [9.17, 15) is 4.79 Å². The Kier molecular flexibility index (Phi) is 2.75. The minimum absolute atomic E-state index is 0.169. The van der Waals surface area contributed by atoms with Crippen LogP contribution in [0.2, 0.25) is 0 Å². The van der Waals surface area contributed by atoms with Gasteiger partial charge in [0.2, 0.25) is 0 Å². The van der Waals surface area contributed by atoms with Gasteiger partial charge in [-0.2, -0.15) is 0 Å². The summed E-state index contributed by atoms with van der Waals surface area (Å²) < 4.78 is 0. The molecule has 16 heavy (non-hydrogen) atoms. The fourth-order valence-electron chi connectivity index (χ4n) is 3.19. The lowest BCUT2D eigenvalue weighted by Crippen LogP contribution is -2.57. The van der Waals surface area contributed by atoms with Crippen molar-refractivity contribution in [1.29, 1.82) is 0 Å². The molecule has 1 saturated carbocycles. The van der Waals surface area contributed by atoms with Gasteiger partial charge in [-0.1, -0.05) is 19.3 Å². The average Bonchev–Trinajstić information content (AvgIpc) is 2.60. The Labute approximate surface area is 96.8 Å². The number of hydrogen-bond acceptors (Lipinski definition) is 2. The van der Waals surface area contributed by atoms with Crippen LogP contribution in [0, 0.1) is 5.92 Å². The first-order chi connectivity index (χ1) is 7.84. The summed E-state index contributed by atoms with van der Waals surface area (Å²) in [5.74, 6) is 0.732. The van der Waals surface area contributed by atoms with Crippen molar-refractivity contribution >= 4 is 6.03 Å². The third-order valence-corrected chi connectivity index (χ3v) is 4.38. The first kappa shape index (κ1) is 10.4. The predicted octanol–water partition coefficient (Wildman–Crippen LogP) is 0.932. The van der Waals surface area contributed by atoms with Crippen LogP contribution in [0.4, 0.5) is 4.79 Å². The summed E-state index contributed by atoms with van der Waals surface area (Å²) in [6.07, 6.45) is 6.70. The van der Waals surface area contributed by atoms with Gasteiger partial charge in [0.25, 0.3) is 0 Å². The van der Waals surface area contributed by atoms with Gasteiger partial charge < -0.3 is 15.5 Å². The highest BCUT2D eigenvalue weighted by molar-refractivity contribution is 5.77. The van der Waals surface area contributed by atoms with E-state index in [1.54, 1.807) is 0 Å². The van der Waals surface area contributed by atoms with Crippen LogP contribution in [0.15, 0.2) is 0 Å². The number of urea groups is 1. The van der Waals surface area contributed by atoms with E-state index >= 15 is 0 Å². The molecule has 0 spiro atoms. The van der Waals surface area contributed by atoms with E-state index in [-0.39, 0.29) is 6.03 Å². The molecule has 0 bridgehead atoms. The van der Waals surface area contributed by atoms with Crippen molar-refractivity contribution < 1.29 is 4.79 Å². The van der Waals surface area contributed by atoms with E-state index in [1.807, 2.05) is 4.90 Å². The standard InChI is InChI=1S/C12H21N3O/c16-12-14-11(9-4-2-1-3-5-9)8-15(12)10-6-13-7-10/h9-11,13H,1-8H2,(H,14,16). The summed E-state index contributed by atoms with van der Waals surface area (Å²) in [6.45, 7) is 2.89. The van der Waals surface area contributed by atoms with Crippen LogP contribution in [0.1, 0.15) is 32.1 Å². The molecule has 3 aliphatic rings. The van der Waals surface area contributed by atoms with E-state index in [1.165, 1.54) is 32.1 Å². The molecule has 1 unspecified atom stereocenters. The quantitative estimate of drug-likeness (QED) is 0.731. The van der Waals surface area contributed by atoms with Crippen LogP contribution in [-0.4, -0.2) is 42.6 Å². The molecule has 2 N–H and O–H groups in total. The van der Waals surface area contributed by atoms with Gasteiger partial charge in [0, 0.05) is 19.6 Å². The third kappa shape index (κ3) is 1.79. The van der Waals surface area contributed by atoms with E-state index in [0.29, 0.717) is 12.1 Å². The highest BCUT2D eigenvalue weighted by Crippen LogP contribution is 2.29. The van der Waals surface area contributed by atoms with Gasteiger partial charge in [-0.3, -0.25) is 0 Å². The monoisotopic (exact) mass is 223 g/mol. The highest BCUT2D eigenvalue weighted by Gasteiger charge is 2.39. The summed E-state index contributed by atoms with van der Waals surface area (Å²) in [6, 6.07) is 1.05. The number of nitrogens with zero attached hydrogens (tertiary/aromatic N) is 1. The van der Waals surface area contributed by atoms with Crippen molar-refractivity contribution in [1.82, 2.24) is 15.5 Å². The van der Waals surface area contributed by atoms with Crippen LogP contribution in [0.5, 0.6) is 0 Å². The largest absolute Gasteiger partial charge is 0.333 e. The first-order valence-corrected chi connectivity index (χ1v) is 6.62. The van der Waals surface area contributed by atoms with Crippen molar-refractivity contribution in [3.63, 3.8) is 0 Å². The molecule has 0 aromatic carbocycles. The Bertz CT molecular complexity index is 271. The van der Waals surface area contributed by atoms with Gasteiger partial charge in [0.05, 0.1) is 12.1 Å². The topological polar surface area (TPSA) is 44.4 Å². The molecular weight excluding hydrogens is 202 g/mol. The zero-order chi connectivity index (χ0) is 11.0. The lowest BCUT2D eigenvalue weighted by molar-refractivity contribution is 0.169. The predicted molar refractivity (Wildman–Crippen MR) is 62.3 cm³/mol. The van der Waals surface area contributed by atoms with Crippen LogP contribution < -0.4 is 10.6 Å². The van der Waals surface area contributed by atoms with Crippen molar-refractivity contribution in [3.05, 3.63) is 0 Å². The molecule has 90 valence electrons. The molecule has 2 heterocycles. The van der Waals surface area contributed by atoms with Gasteiger partial charge in [-0.05, 0) is 18.8 Å². The molecule has 1 atom stereocenters. The third-order valence-electron chi connectivity index (χ3n) is 4.38. The second kappa shape index (κ2) is 4.24. The maximum absolute atomic E-state index is 11.8. The van der Waals surface area contributed by atoms with Gasteiger partial charge >= 0.3 is 6.03 Å². The Balaban J connectivity index is 1.59. The fraction of sp³-hybridized carbons (Fsp3) is 0.917. The minimum atomic E-state index is 0.169. The molecular formula is C12H21N3O. The summed E-state index contributed by atoms with van der Waals surface area (Å²) >= 11 is 0. The molecule has 2 aliphatic heterocycles. The van der Waals surface area contributed by atoms with Crippen LogP contribution in [-0.2, 0) is 0 Å². The molecule has 2 amide bonds. The fourth-order valence-corrected chi connectivity index (χ4v) is 3.19. The maximum atomic E-state index is 11.8. The van der Waals surface area contributed by atoms with Crippen molar-refractivity contribution in [2.24, 2.45) is 5.92 Å². The number of rotatable bonds is 2. The summed E-state index contributed by atoms with van der Waals surface area (Å²) in [5.41, 5.74) is 0. The molecule has 3 rings (SSSR count). The Hall–Kier alpha value is -0.770. The van der Waals surface area contributed by atoms with Gasteiger partial charge in [-0.15, -0.1) is 0 Å². The number of nitrogens with one attached hydrogen (secondary N) is 2. The zero-order valence-electron chi connectivity index (χ0n) is 9.74. The van der Waals surface area contributed by atoms with Crippen LogP contribution in [0.3, 0.4) is 0 Å². The van der Waals surface area contributed by atoms with Gasteiger partial charge in [0.15, 0.2) is 0 Å².